The summed E-state index contributed by atoms with van der Waals surface area (Å²) in [5.41, 5.74) is 11.9. The molecule has 7 rings (SSSR count). The summed E-state index contributed by atoms with van der Waals surface area (Å²) >= 11 is 1.20. The molecule has 7 aromatic rings. The Morgan fingerprint density at radius 2 is 0.810 bits per heavy atom. The van der Waals surface area contributed by atoms with Crippen molar-refractivity contribution >= 4 is 56.5 Å². The van der Waals surface area contributed by atoms with Crippen LogP contribution in [0.2, 0.25) is 0 Å². The van der Waals surface area contributed by atoms with E-state index in [1.807, 2.05) is 72.8 Å². The summed E-state index contributed by atoms with van der Waals surface area (Å²) in [5, 5.41) is 18.1. The molecule has 0 saturated carbocycles. The lowest BCUT2D eigenvalue weighted by Crippen LogP contribution is -2.11. The first-order valence-electron chi connectivity index (χ1n) is 22.9. The minimum absolute atomic E-state index is 0.581. The standard InChI is InChI=1S/C52H60N8O2S/c1-7-13-15-35(9-3)33-61-43-29-25-41(26-30-43)57-55-39-21-17-37(18-22-39)47-49-50(54-46(12-6)45(11-5)53-49)48(52-51(47)59-63-60-52)38-19-23-40(24-20-38)56-58-42-27-31-44(32-28-42)62-34-36(10-4)16-14-8-2/h17-32,35-36H,7-16,33-34H2,1-6H3/b57-55+,58-56+. The van der Waals surface area contributed by atoms with E-state index in [-0.39, 0.29) is 0 Å². The normalized spacial score (nSPS) is 12.8. The Balaban J connectivity index is 1.11. The molecule has 5 aromatic carbocycles. The topological polar surface area (TPSA) is 119 Å². The maximum atomic E-state index is 6.09. The summed E-state index contributed by atoms with van der Waals surface area (Å²) in [5.74, 6) is 2.88. The molecule has 2 aromatic heterocycles. The molecule has 0 saturated heterocycles. The highest BCUT2D eigenvalue weighted by molar-refractivity contribution is 7.00. The second-order valence-electron chi connectivity index (χ2n) is 16.2. The van der Waals surface area contributed by atoms with Gasteiger partial charge in [-0.15, -0.1) is 0 Å². The number of azo groups is 2. The molecule has 2 atom stereocenters. The quantitative estimate of drug-likeness (QED) is 0.0626. The fraction of sp³-hybridized carbons (Fsp3) is 0.385. The number of aromatic nitrogens is 4. The smallest absolute Gasteiger partial charge is 0.119 e. The number of aryl methyl sites for hydroxylation is 2. The zero-order chi connectivity index (χ0) is 44.0. The Morgan fingerprint density at radius 3 is 1.13 bits per heavy atom. The van der Waals surface area contributed by atoms with Crippen molar-refractivity contribution in [2.45, 2.75) is 106 Å². The number of rotatable bonds is 22. The van der Waals surface area contributed by atoms with Crippen molar-refractivity contribution in [1.82, 2.24) is 18.7 Å². The van der Waals surface area contributed by atoms with E-state index in [4.69, 9.17) is 28.2 Å². The third kappa shape index (κ3) is 11.4. The van der Waals surface area contributed by atoms with Gasteiger partial charge >= 0.3 is 0 Å². The largest absolute Gasteiger partial charge is 0.493 e. The van der Waals surface area contributed by atoms with Gasteiger partial charge in [0.15, 0.2) is 0 Å². The lowest BCUT2D eigenvalue weighted by molar-refractivity contribution is 0.233. The highest BCUT2D eigenvalue weighted by Gasteiger charge is 2.23. The van der Waals surface area contributed by atoms with Gasteiger partial charge in [0.05, 0.1) is 70.1 Å². The average Bonchev–Trinajstić information content (AvgIpc) is 3.82. The third-order valence-corrected chi connectivity index (χ3v) is 12.3. The van der Waals surface area contributed by atoms with Gasteiger partial charge in [-0.3, -0.25) is 0 Å². The zero-order valence-corrected chi connectivity index (χ0v) is 38.5. The number of benzene rings is 5. The molecule has 0 aliphatic rings. The van der Waals surface area contributed by atoms with Gasteiger partial charge in [-0.05, 0) is 121 Å². The lowest BCUT2D eigenvalue weighted by Gasteiger charge is -2.15. The van der Waals surface area contributed by atoms with E-state index in [0.717, 1.165) is 129 Å². The Hall–Kier alpha value is -5.94. The highest BCUT2D eigenvalue weighted by Crippen LogP contribution is 2.42. The van der Waals surface area contributed by atoms with Gasteiger partial charge in [0.25, 0.3) is 0 Å². The van der Waals surface area contributed by atoms with Crippen LogP contribution in [0, 0.1) is 11.8 Å². The van der Waals surface area contributed by atoms with Crippen molar-refractivity contribution in [3.8, 4) is 33.8 Å². The molecule has 2 heterocycles. The van der Waals surface area contributed by atoms with E-state index in [2.05, 4.69) is 86.3 Å². The van der Waals surface area contributed by atoms with Crippen LogP contribution in [0.5, 0.6) is 11.5 Å². The summed E-state index contributed by atoms with van der Waals surface area (Å²) in [7, 11) is 0. The number of fused-ring (bicyclic) bond motifs is 2. The van der Waals surface area contributed by atoms with Crippen molar-refractivity contribution in [2.75, 3.05) is 13.2 Å². The zero-order valence-electron chi connectivity index (χ0n) is 37.7. The first-order valence-corrected chi connectivity index (χ1v) is 23.7. The van der Waals surface area contributed by atoms with Crippen molar-refractivity contribution in [1.29, 1.82) is 0 Å². The summed E-state index contributed by atoms with van der Waals surface area (Å²) in [6, 6.07) is 31.8. The number of unbranched alkanes of at least 4 members (excludes halogenated alkanes) is 2. The maximum absolute atomic E-state index is 6.09. The van der Waals surface area contributed by atoms with Crippen molar-refractivity contribution < 1.29 is 9.47 Å². The molecule has 0 bridgehead atoms. The first kappa shape index (κ1) is 45.1. The van der Waals surface area contributed by atoms with Gasteiger partial charge in [0.2, 0.25) is 0 Å². The van der Waals surface area contributed by atoms with Crippen LogP contribution in [0.4, 0.5) is 22.7 Å². The Bertz CT molecular complexity index is 2410. The number of ether oxygens (including phenoxy) is 2. The van der Waals surface area contributed by atoms with Crippen LogP contribution in [-0.2, 0) is 12.8 Å². The third-order valence-electron chi connectivity index (χ3n) is 11.8. The Morgan fingerprint density at radius 1 is 0.460 bits per heavy atom. The summed E-state index contributed by atoms with van der Waals surface area (Å²) in [6.45, 7) is 14.7. The van der Waals surface area contributed by atoms with E-state index < -0.39 is 0 Å². The van der Waals surface area contributed by atoms with Crippen molar-refractivity contribution in [3.05, 3.63) is 108 Å². The SMILES string of the molecule is CCCCC(CC)COc1ccc(/N=N/c2ccc(-c3c4nsnc4c(-c4ccc(/N=N/c5ccc(OCC(CC)CCCC)cc5)cc4)c4nc(CC)c(CC)nc34)cc2)cc1. The van der Waals surface area contributed by atoms with Crippen molar-refractivity contribution in [2.24, 2.45) is 32.3 Å². The minimum Gasteiger partial charge on any atom is -0.493 e. The molecule has 0 fully saturated rings. The van der Waals surface area contributed by atoms with Crippen LogP contribution < -0.4 is 9.47 Å². The summed E-state index contributed by atoms with van der Waals surface area (Å²) in [6.07, 6.45) is 11.1. The predicted molar refractivity (Wildman–Crippen MR) is 259 cm³/mol. The van der Waals surface area contributed by atoms with E-state index in [9.17, 15) is 0 Å². The predicted octanol–water partition coefficient (Wildman–Crippen LogP) is 16.1. The van der Waals surface area contributed by atoms with Gasteiger partial charge in [-0.1, -0.05) is 104 Å². The second-order valence-corrected chi connectivity index (χ2v) is 16.7. The first-order chi connectivity index (χ1) is 30.9. The van der Waals surface area contributed by atoms with E-state index in [1.165, 1.54) is 50.3 Å². The molecule has 0 amide bonds. The van der Waals surface area contributed by atoms with Crippen LogP contribution >= 0.6 is 11.7 Å². The highest BCUT2D eigenvalue weighted by atomic mass is 32.1. The van der Waals surface area contributed by atoms with Crippen LogP contribution in [0.25, 0.3) is 44.3 Å². The summed E-state index contributed by atoms with van der Waals surface area (Å²) < 4.78 is 21.9. The minimum atomic E-state index is 0.581. The molecule has 2 unspecified atom stereocenters. The van der Waals surface area contributed by atoms with Gasteiger partial charge in [0.1, 0.15) is 22.5 Å². The fourth-order valence-corrected chi connectivity index (χ4v) is 8.33. The molecule has 10 nitrogen and oxygen atoms in total. The Labute approximate surface area is 376 Å². The summed E-state index contributed by atoms with van der Waals surface area (Å²) in [4.78, 5) is 10.6. The maximum Gasteiger partial charge on any atom is 0.119 e. The molecule has 326 valence electrons. The molecule has 0 aliphatic carbocycles. The average molecular weight is 861 g/mol. The lowest BCUT2D eigenvalue weighted by atomic mass is 9.94. The number of hydrogen-bond acceptors (Lipinski definition) is 11. The van der Waals surface area contributed by atoms with E-state index >= 15 is 0 Å². The Kier molecular flexibility index (Phi) is 16.1. The van der Waals surface area contributed by atoms with Crippen LogP contribution in [0.3, 0.4) is 0 Å². The monoisotopic (exact) mass is 860 g/mol. The molecule has 11 heteroatoms. The molecule has 63 heavy (non-hydrogen) atoms. The fourth-order valence-electron chi connectivity index (χ4n) is 7.77. The molecule has 0 N–H and O–H groups in total. The van der Waals surface area contributed by atoms with Gasteiger partial charge in [-0.2, -0.15) is 29.2 Å². The molecule has 0 aliphatic heterocycles. The van der Waals surface area contributed by atoms with Crippen molar-refractivity contribution in [3.63, 3.8) is 0 Å². The molecule has 0 spiro atoms. The van der Waals surface area contributed by atoms with Gasteiger partial charge in [0, 0.05) is 11.1 Å². The second kappa shape index (κ2) is 22.4. The number of nitrogens with zero attached hydrogens (tertiary/aromatic N) is 8. The molecular weight excluding hydrogens is 801 g/mol. The number of hydrogen-bond donors (Lipinski definition) is 0. The van der Waals surface area contributed by atoms with Crippen LogP contribution in [0.1, 0.15) is 104 Å². The molecular formula is C52H60N8O2S. The van der Waals surface area contributed by atoms with E-state index in [1.54, 1.807) is 0 Å². The van der Waals surface area contributed by atoms with Gasteiger partial charge < -0.3 is 9.47 Å². The van der Waals surface area contributed by atoms with E-state index in [0.29, 0.717) is 11.8 Å². The van der Waals surface area contributed by atoms with Crippen LogP contribution in [-0.4, -0.2) is 31.9 Å². The van der Waals surface area contributed by atoms with Gasteiger partial charge in [-0.25, -0.2) is 9.97 Å². The molecule has 0 radical (unpaired) electrons. The van der Waals surface area contributed by atoms with Crippen LogP contribution in [0.15, 0.2) is 118 Å².